The van der Waals surface area contributed by atoms with E-state index in [0.717, 1.165) is 19.6 Å². The molecule has 3 amide bonds. The van der Waals surface area contributed by atoms with Crippen LogP contribution in [0.15, 0.2) is 30.3 Å². The molecule has 3 fully saturated rings. The Labute approximate surface area is 178 Å². The number of imide groups is 1. The van der Waals surface area contributed by atoms with Gasteiger partial charge in [-0.3, -0.25) is 14.6 Å². The zero-order valence-electron chi connectivity index (χ0n) is 17.4. The van der Waals surface area contributed by atoms with E-state index in [9.17, 15) is 18.0 Å². The van der Waals surface area contributed by atoms with Crippen molar-refractivity contribution in [2.24, 2.45) is 5.92 Å². The van der Waals surface area contributed by atoms with Crippen LogP contribution >= 0.6 is 0 Å². The molecule has 1 aromatic rings. The average molecular weight is 435 g/mol. The second kappa shape index (κ2) is 8.28. The number of likely N-dealkylation sites (tertiary alicyclic amines) is 1. The maximum absolute atomic E-state index is 13.2. The summed E-state index contributed by atoms with van der Waals surface area (Å²) in [4.78, 5) is 29.5. The lowest BCUT2D eigenvalue weighted by Gasteiger charge is -2.37. The van der Waals surface area contributed by atoms with Gasteiger partial charge < -0.3 is 5.32 Å². The van der Waals surface area contributed by atoms with E-state index in [1.165, 1.54) is 21.0 Å². The molecule has 164 valence electrons. The number of hydrogen-bond acceptors (Lipinski definition) is 5. The molecule has 1 spiro atoms. The summed E-state index contributed by atoms with van der Waals surface area (Å²) >= 11 is 0. The fraction of sp³-hybridized carbons (Fsp3) is 0.619. The van der Waals surface area contributed by atoms with Crippen molar-refractivity contribution in [3.63, 3.8) is 0 Å². The molecule has 0 saturated carbocycles. The Kier molecular flexibility index (Phi) is 5.87. The van der Waals surface area contributed by atoms with E-state index in [2.05, 4.69) is 22.3 Å². The molecule has 0 aromatic heterocycles. The molecule has 3 saturated heterocycles. The first kappa shape index (κ1) is 21.3. The average Bonchev–Trinajstić information content (AvgIpc) is 2.94. The minimum Gasteiger partial charge on any atom is -0.323 e. The molecule has 3 aliphatic heterocycles. The maximum Gasteiger partial charge on any atom is 0.325 e. The van der Waals surface area contributed by atoms with Crippen LogP contribution < -0.4 is 5.32 Å². The Balaban J connectivity index is 1.32. The molecule has 8 nitrogen and oxygen atoms in total. The van der Waals surface area contributed by atoms with Crippen LogP contribution in [0.3, 0.4) is 0 Å². The smallest absolute Gasteiger partial charge is 0.323 e. The number of urea groups is 1. The van der Waals surface area contributed by atoms with Crippen molar-refractivity contribution in [2.75, 3.05) is 39.0 Å². The number of benzene rings is 1. The first-order chi connectivity index (χ1) is 14.3. The second-order valence-electron chi connectivity index (χ2n) is 8.80. The monoisotopic (exact) mass is 434 g/mol. The summed E-state index contributed by atoms with van der Waals surface area (Å²) in [7, 11) is -3.18. The van der Waals surface area contributed by atoms with E-state index in [-0.39, 0.29) is 17.9 Å². The van der Waals surface area contributed by atoms with E-state index in [1.807, 2.05) is 18.2 Å². The number of hydrogen-bond donors (Lipinski definition) is 1. The zero-order chi connectivity index (χ0) is 21.4. The van der Waals surface area contributed by atoms with Gasteiger partial charge in [0.25, 0.3) is 5.91 Å². The third kappa shape index (κ3) is 4.38. The number of nitrogens with one attached hydrogen (secondary N) is 1. The highest BCUT2D eigenvalue weighted by Gasteiger charge is 2.52. The molecule has 0 atom stereocenters. The van der Waals surface area contributed by atoms with Gasteiger partial charge in [-0.2, -0.15) is 0 Å². The molecule has 3 aliphatic rings. The van der Waals surface area contributed by atoms with E-state index < -0.39 is 15.6 Å². The third-order valence-corrected chi connectivity index (χ3v) is 7.99. The summed E-state index contributed by atoms with van der Waals surface area (Å²) in [5.74, 6) is 0.0309. The lowest BCUT2D eigenvalue weighted by molar-refractivity contribution is -0.133. The quantitative estimate of drug-likeness (QED) is 0.705. The molecule has 0 unspecified atom stereocenters. The zero-order valence-corrected chi connectivity index (χ0v) is 18.2. The van der Waals surface area contributed by atoms with Crippen LogP contribution in [0.4, 0.5) is 4.79 Å². The van der Waals surface area contributed by atoms with Crippen LogP contribution in [-0.2, 0) is 21.4 Å². The van der Waals surface area contributed by atoms with E-state index in [4.69, 9.17) is 0 Å². The van der Waals surface area contributed by atoms with Crippen LogP contribution in [0, 0.1) is 5.92 Å². The largest absolute Gasteiger partial charge is 0.325 e. The second-order valence-corrected chi connectivity index (χ2v) is 10.8. The Bertz CT molecular complexity index is 889. The molecule has 1 N–H and O–H groups in total. The first-order valence-electron chi connectivity index (χ1n) is 10.6. The molecular weight excluding hydrogens is 404 g/mol. The predicted octanol–water partition coefficient (Wildman–Crippen LogP) is 1.24. The number of rotatable bonds is 5. The standard InChI is InChI=1S/C21H30N4O4S/c1-30(28,29)24-11-7-18(8-12-24)16-25-19(26)21(22-20(25)27)9-13-23(14-10-21)15-17-5-3-2-4-6-17/h2-6,18H,7-16H2,1H3,(H,22,27). The van der Waals surface area contributed by atoms with Crippen LogP contribution in [0.25, 0.3) is 0 Å². The van der Waals surface area contributed by atoms with Crippen LogP contribution in [-0.4, -0.2) is 79.0 Å². The topological polar surface area (TPSA) is 90.0 Å². The summed E-state index contributed by atoms with van der Waals surface area (Å²) < 4.78 is 24.8. The Morgan fingerprint density at radius 2 is 1.67 bits per heavy atom. The summed E-state index contributed by atoms with van der Waals surface area (Å²) in [6.45, 7) is 3.65. The van der Waals surface area contributed by atoms with E-state index in [1.54, 1.807) is 0 Å². The van der Waals surface area contributed by atoms with Crippen molar-refractivity contribution in [3.05, 3.63) is 35.9 Å². The number of sulfonamides is 1. The first-order valence-corrected chi connectivity index (χ1v) is 12.5. The van der Waals surface area contributed by atoms with Crippen LogP contribution in [0.2, 0.25) is 0 Å². The summed E-state index contributed by atoms with van der Waals surface area (Å²) in [6, 6.07) is 9.95. The number of amides is 3. The van der Waals surface area contributed by atoms with Gasteiger partial charge in [0.05, 0.1) is 6.26 Å². The lowest BCUT2D eigenvalue weighted by Crippen LogP contribution is -2.54. The van der Waals surface area contributed by atoms with Gasteiger partial charge in [-0.1, -0.05) is 30.3 Å². The lowest BCUT2D eigenvalue weighted by atomic mass is 9.87. The van der Waals surface area contributed by atoms with Gasteiger partial charge in [-0.05, 0) is 37.2 Å². The highest BCUT2D eigenvalue weighted by molar-refractivity contribution is 7.88. The molecule has 0 bridgehead atoms. The number of carbonyl (C=O) groups is 2. The van der Waals surface area contributed by atoms with Gasteiger partial charge in [0.15, 0.2) is 0 Å². The van der Waals surface area contributed by atoms with Crippen molar-refractivity contribution < 1.29 is 18.0 Å². The van der Waals surface area contributed by atoms with Gasteiger partial charge in [0.1, 0.15) is 5.54 Å². The van der Waals surface area contributed by atoms with Crippen molar-refractivity contribution in [3.8, 4) is 0 Å². The Morgan fingerprint density at radius 1 is 1.03 bits per heavy atom. The fourth-order valence-corrected chi connectivity index (χ4v) is 5.67. The predicted molar refractivity (Wildman–Crippen MR) is 113 cm³/mol. The number of nitrogens with zero attached hydrogens (tertiary/aromatic N) is 3. The summed E-state index contributed by atoms with van der Waals surface area (Å²) in [5.41, 5.74) is 0.467. The highest BCUT2D eigenvalue weighted by Crippen LogP contribution is 2.31. The Morgan fingerprint density at radius 3 is 2.27 bits per heavy atom. The molecule has 3 heterocycles. The van der Waals surface area contributed by atoms with Gasteiger partial charge >= 0.3 is 6.03 Å². The van der Waals surface area contributed by atoms with E-state index in [0.29, 0.717) is 45.3 Å². The van der Waals surface area contributed by atoms with Crippen molar-refractivity contribution >= 4 is 22.0 Å². The van der Waals surface area contributed by atoms with Crippen molar-refractivity contribution in [1.82, 2.24) is 19.4 Å². The summed E-state index contributed by atoms with van der Waals surface area (Å²) in [6.07, 6.45) is 3.80. The number of carbonyl (C=O) groups excluding carboxylic acids is 2. The van der Waals surface area contributed by atoms with Crippen molar-refractivity contribution in [1.29, 1.82) is 0 Å². The summed E-state index contributed by atoms with van der Waals surface area (Å²) in [5, 5.41) is 2.98. The van der Waals surface area contributed by atoms with Crippen LogP contribution in [0.1, 0.15) is 31.2 Å². The van der Waals surface area contributed by atoms with Gasteiger partial charge in [0, 0.05) is 39.3 Å². The Hall–Kier alpha value is -1.97. The molecule has 30 heavy (non-hydrogen) atoms. The fourth-order valence-electron chi connectivity index (χ4n) is 4.80. The van der Waals surface area contributed by atoms with E-state index >= 15 is 0 Å². The molecule has 9 heteroatoms. The molecule has 0 aliphatic carbocycles. The SMILES string of the molecule is CS(=O)(=O)N1CCC(CN2C(=O)NC3(CCN(Cc4ccccc4)CC3)C2=O)CC1. The molecule has 1 aromatic carbocycles. The highest BCUT2D eigenvalue weighted by atomic mass is 32.2. The van der Waals surface area contributed by atoms with Crippen LogP contribution in [0.5, 0.6) is 0 Å². The number of piperidine rings is 2. The van der Waals surface area contributed by atoms with Gasteiger partial charge in [-0.25, -0.2) is 17.5 Å². The molecule has 0 radical (unpaired) electrons. The minimum absolute atomic E-state index is 0.114. The third-order valence-electron chi connectivity index (χ3n) is 6.69. The minimum atomic E-state index is -3.18. The van der Waals surface area contributed by atoms with Gasteiger partial charge in [0.2, 0.25) is 10.0 Å². The normalized spacial score (nSPS) is 23.8. The van der Waals surface area contributed by atoms with Gasteiger partial charge in [-0.15, -0.1) is 0 Å². The maximum atomic E-state index is 13.2. The molecule has 4 rings (SSSR count). The molecular formula is C21H30N4O4S. The van der Waals surface area contributed by atoms with Crippen molar-refractivity contribution in [2.45, 2.75) is 37.8 Å².